The summed E-state index contributed by atoms with van der Waals surface area (Å²) in [5.41, 5.74) is 1.25. The lowest BCUT2D eigenvalue weighted by molar-refractivity contribution is -0.121. The minimum absolute atomic E-state index is 0.223. The van der Waals surface area contributed by atoms with Gasteiger partial charge in [-0.1, -0.05) is 96.8 Å². The van der Waals surface area contributed by atoms with E-state index in [1.165, 1.54) is 95.6 Å². The molecule has 3 nitrogen and oxygen atoms in total. The molecule has 0 aliphatic rings. The summed E-state index contributed by atoms with van der Waals surface area (Å²) < 4.78 is 0. The Morgan fingerprint density at radius 3 is 1.82 bits per heavy atom. The summed E-state index contributed by atoms with van der Waals surface area (Å²) in [5.74, 6) is 0.223. The number of carbonyl (C=O) groups excluding carboxylic acids is 1. The van der Waals surface area contributed by atoms with Crippen LogP contribution in [-0.2, 0) is 11.2 Å². The zero-order valence-electron chi connectivity index (χ0n) is 18.6. The van der Waals surface area contributed by atoms with Gasteiger partial charge in [0, 0.05) is 24.9 Å². The number of aryl methyl sites for hydroxylation is 1. The number of amides is 1. The molecule has 1 heterocycles. The number of rotatable bonds is 20. The minimum atomic E-state index is 0.223. The molecular weight excluding hydrogens is 344 g/mol. The summed E-state index contributed by atoms with van der Waals surface area (Å²) in [7, 11) is 0. The first-order chi connectivity index (χ1) is 13.8. The lowest BCUT2D eigenvalue weighted by Crippen LogP contribution is -2.24. The van der Waals surface area contributed by atoms with E-state index in [2.05, 4.69) is 23.3 Å². The van der Waals surface area contributed by atoms with E-state index in [0.29, 0.717) is 6.42 Å². The van der Waals surface area contributed by atoms with E-state index in [1.54, 1.807) is 0 Å². The van der Waals surface area contributed by atoms with Crippen molar-refractivity contribution in [2.24, 2.45) is 0 Å². The van der Waals surface area contributed by atoms with Crippen molar-refractivity contribution in [3.8, 4) is 0 Å². The third-order valence-corrected chi connectivity index (χ3v) is 5.61. The van der Waals surface area contributed by atoms with Crippen LogP contribution in [0.3, 0.4) is 0 Å². The molecule has 28 heavy (non-hydrogen) atoms. The largest absolute Gasteiger partial charge is 0.365 e. The summed E-state index contributed by atoms with van der Waals surface area (Å²) >= 11 is 0. The van der Waals surface area contributed by atoms with Crippen LogP contribution in [0.5, 0.6) is 0 Å². The second-order valence-corrected chi connectivity index (χ2v) is 8.35. The molecule has 162 valence electrons. The summed E-state index contributed by atoms with van der Waals surface area (Å²) in [6.07, 6.45) is 25.1. The summed E-state index contributed by atoms with van der Waals surface area (Å²) in [5, 5.41) is 3.04. The van der Waals surface area contributed by atoms with Crippen LogP contribution in [0.2, 0.25) is 0 Å². The third-order valence-electron chi connectivity index (χ3n) is 5.61. The maximum atomic E-state index is 11.8. The van der Waals surface area contributed by atoms with Gasteiger partial charge in [0.1, 0.15) is 0 Å². The smallest absolute Gasteiger partial charge is 0.219 e. The van der Waals surface area contributed by atoms with Crippen molar-refractivity contribution >= 4 is 5.91 Å². The van der Waals surface area contributed by atoms with Crippen molar-refractivity contribution < 1.29 is 4.79 Å². The first-order valence-electron chi connectivity index (χ1n) is 12.2. The molecule has 0 saturated carbocycles. The van der Waals surface area contributed by atoms with Crippen LogP contribution in [-0.4, -0.2) is 17.4 Å². The maximum absolute atomic E-state index is 11.8. The summed E-state index contributed by atoms with van der Waals surface area (Å²) in [6.45, 7) is 3.07. The van der Waals surface area contributed by atoms with Gasteiger partial charge in [0.2, 0.25) is 5.91 Å². The van der Waals surface area contributed by atoms with Crippen LogP contribution in [0.4, 0.5) is 0 Å². The van der Waals surface area contributed by atoms with Crippen LogP contribution < -0.4 is 5.32 Å². The first-order valence-corrected chi connectivity index (χ1v) is 12.2. The highest BCUT2D eigenvalue weighted by Crippen LogP contribution is 2.13. The molecular formula is C25H46N2O. The second-order valence-electron chi connectivity index (χ2n) is 8.35. The summed E-state index contributed by atoms with van der Waals surface area (Å²) in [6, 6.07) is 4.11. The monoisotopic (exact) mass is 390 g/mol. The zero-order chi connectivity index (χ0) is 20.1. The van der Waals surface area contributed by atoms with Crippen LogP contribution in [0.15, 0.2) is 18.3 Å². The lowest BCUT2D eigenvalue weighted by atomic mass is 10.0. The van der Waals surface area contributed by atoms with Crippen LogP contribution >= 0.6 is 0 Å². The Bertz CT molecular complexity index is 441. The Balaban J connectivity index is 1.72. The molecule has 0 aliphatic carbocycles. The quantitative estimate of drug-likeness (QED) is 0.225. The van der Waals surface area contributed by atoms with Gasteiger partial charge in [0.05, 0.1) is 0 Å². The molecule has 1 aromatic rings. The molecule has 0 unspecified atom stereocenters. The molecule has 0 saturated heterocycles. The number of hydrogen-bond donors (Lipinski definition) is 2. The number of hydrogen-bond acceptors (Lipinski definition) is 1. The van der Waals surface area contributed by atoms with Crippen molar-refractivity contribution in [3.05, 3.63) is 24.0 Å². The molecule has 0 aromatic carbocycles. The van der Waals surface area contributed by atoms with Crippen LogP contribution in [0.25, 0.3) is 0 Å². The fourth-order valence-electron chi connectivity index (χ4n) is 3.77. The average molecular weight is 391 g/mol. The molecule has 1 aromatic heterocycles. The van der Waals surface area contributed by atoms with Gasteiger partial charge >= 0.3 is 0 Å². The molecule has 0 radical (unpaired) electrons. The van der Waals surface area contributed by atoms with E-state index < -0.39 is 0 Å². The molecule has 1 rings (SSSR count). The van der Waals surface area contributed by atoms with Crippen molar-refractivity contribution in [2.75, 3.05) is 6.54 Å². The molecule has 0 fully saturated rings. The molecule has 1 amide bonds. The number of H-pyrrole nitrogens is 1. The Hall–Kier alpha value is -1.25. The Morgan fingerprint density at radius 1 is 0.786 bits per heavy atom. The van der Waals surface area contributed by atoms with E-state index >= 15 is 0 Å². The van der Waals surface area contributed by atoms with Crippen molar-refractivity contribution in [3.63, 3.8) is 0 Å². The molecule has 0 aliphatic heterocycles. The highest BCUT2D eigenvalue weighted by atomic mass is 16.1. The average Bonchev–Trinajstić information content (AvgIpc) is 3.22. The van der Waals surface area contributed by atoms with Gasteiger partial charge in [-0.05, 0) is 31.4 Å². The van der Waals surface area contributed by atoms with Gasteiger partial charge in [-0.25, -0.2) is 0 Å². The normalized spacial score (nSPS) is 11.0. The highest BCUT2D eigenvalue weighted by molar-refractivity contribution is 5.75. The van der Waals surface area contributed by atoms with Gasteiger partial charge in [-0.2, -0.15) is 0 Å². The summed E-state index contributed by atoms with van der Waals surface area (Å²) in [4.78, 5) is 15.0. The van der Waals surface area contributed by atoms with E-state index in [-0.39, 0.29) is 5.91 Å². The Labute approximate surface area is 174 Å². The van der Waals surface area contributed by atoms with Gasteiger partial charge in [-0.3, -0.25) is 4.79 Å². The van der Waals surface area contributed by atoms with E-state index in [1.807, 2.05) is 12.3 Å². The molecule has 0 atom stereocenters. The van der Waals surface area contributed by atoms with Gasteiger partial charge in [0.25, 0.3) is 0 Å². The standard InChI is InChI=1S/C25H46N2O/c1-2-3-4-5-6-7-8-9-10-11-12-13-14-15-16-21-25(28)27-23-18-20-24-19-17-22-26-24/h17,19,22,26H,2-16,18,20-21,23H2,1H3,(H,27,28). The minimum Gasteiger partial charge on any atom is -0.365 e. The predicted octanol–water partition coefficient (Wildman–Crippen LogP) is 7.33. The number of unbranched alkanes of at least 4 members (excludes halogenated alkanes) is 14. The SMILES string of the molecule is CCCCCCCCCCCCCCCCCC(=O)NCCCc1ccc[nH]1. The molecule has 0 bridgehead atoms. The van der Waals surface area contributed by atoms with E-state index in [4.69, 9.17) is 0 Å². The van der Waals surface area contributed by atoms with Crippen LogP contribution in [0, 0.1) is 0 Å². The highest BCUT2D eigenvalue weighted by Gasteiger charge is 2.01. The molecule has 2 N–H and O–H groups in total. The Morgan fingerprint density at radius 2 is 1.32 bits per heavy atom. The second kappa shape index (κ2) is 19.1. The maximum Gasteiger partial charge on any atom is 0.219 e. The van der Waals surface area contributed by atoms with Crippen LogP contribution in [0.1, 0.15) is 122 Å². The predicted molar refractivity (Wildman–Crippen MR) is 122 cm³/mol. The van der Waals surface area contributed by atoms with Gasteiger partial charge < -0.3 is 10.3 Å². The number of nitrogens with one attached hydrogen (secondary N) is 2. The van der Waals surface area contributed by atoms with Crippen molar-refractivity contribution in [1.29, 1.82) is 0 Å². The topological polar surface area (TPSA) is 44.9 Å². The van der Waals surface area contributed by atoms with Crippen molar-refractivity contribution in [1.82, 2.24) is 10.3 Å². The van der Waals surface area contributed by atoms with E-state index in [9.17, 15) is 4.79 Å². The third kappa shape index (κ3) is 15.8. The zero-order valence-corrected chi connectivity index (χ0v) is 18.6. The molecule has 3 heteroatoms. The lowest BCUT2D eigenvalue weighted by Gasteiger charge is -2.05. The molecule has 0 spiro atoms. The number of carbonyl (C=O) groups is 1. The number of aromatic nitrogens is 1. The fourth-order valence-corrected chi connectivity index (χ4v) is 3.77. The first kappa shape index (κ1) is 24.8. The Kier molecular flexibility index (Phi) is 16.9. The van der Waals surface area contributed by atoms with Gasteiger partial charge in [0.15, 0.2) is 0 Å². The van der Waals surface area contributed by atoms with Gasteiger partial charge in [-0.15, -0.1) is 0 Å². The number of aromatic amines is 1. The van der Waals surface area contributed by atoms with E-state index in [0.717, 1.165) is 25.8 Å². The van der Waals surface area contributed by atoms with Crippen molar-refractivity contribution in [2.45, 2.75) is 122 Å². The fraction of sp³-hybridized carbons (Fsp3) is 0.800.